The van der Waals surface area contributed by atoms with E-state index in [0.717, 1.165) is 14.5 Å². The fraction of sp³-hybridized carbons (Fsp3) is 0.0714. The van der Waals surface area contributed by atoms with Crippen molar-refractivity contribution in [2.24, 2.45) is 0 Å². The summed E-state index contributed by atoms with van der Waals surface area (Å²) in [5, 5.41) is 12.5. The van der Waals surface area contributed by atoms with Gasteiger partial charge in [0.2, 0.25) is 0 Å². The number of benzene rings is 2. The largest absolute Gasteiger partial charge is 0.507 e. The zero-order valence-corrected chi connectivity index (χ0v) is 13.2. The van der Waals surface area contributed by atoms with Gasteiger partial charge in [-0.2, -0.15) is 0 Å². The van der Waals surface area contributed by atoms with Crippen LogP contribution in [0.5, 0.6) is 5.75 Å². The van der Waals surface area contributed by atoms with Gasteiger partial charge in [-0.15, -0.1) is 0 Å². The number of phenols is 1. The van der Waals surface area contributed by atoms with Crippen LogP contribution >= 0.6 is 31.9 Å². The molecule has 0 saturated heterocycles. The summed E-state index contributed by atoms with van der Waals surface area (Å²) in [7, 11) is 0. The predicted octanol–water partition coefficient (Wildman–Crippen LogP) is 4.48. The zero-order chi connectivity index (χ0) is 14.0. The van der Waals surface area contributed by atoms with Gasteiger partial charge in [-0.3, -0.25) is 4.79 Å². The molecule has 0 bridgehead atoms. The third-order valence-electron chi connectivity index (χ3n) is 2.62. The topological polar surface area (TPSA) is 49.3 Å². The van der Waals surface area contributed by atoms with Crippen LogP contribution in [0.3, 0.4) is 0 Å². The molecule has 0 aliphatic carbocycles. The fourth-order valence-corrected chi connectivity index (χ4v) is 2.21. The summed E-state index contributed by atoms with van der Waals surface area (Å²) in [6.45, 7) is 1.94. The van der Waals surface area contributed by atoms with Gasteiger partial charge in [0.15, 0.2) is 0 Å². The van der Waals surface area contributed by atoms with Crippen LogP contribution in [0.25, 0.3) is 0 Å². The molecule has 1 amide bonds. The van der Waals surface area contributed by atoms with Crippen molar-refractivity contribution < 1.29 is 9.90 Å². The van der Waals surface area contributed by atoms with Gasteiger partial charge in [0, 0.05) is 14.6 Å². The van der Waals surface area contributed by atoms with E-state index in [-0.39, 0.29) is 17.2 Å². The van der Waals surface area contributed by atoms with E-state index in [1.165, 1.54) is 6.07 Å². The van der Waals surface area contributed by atoms with Crippen molar-refractivity contribution in [2.45, 2.75) is 6.92 Å². The first-order valence-corrected chi connectivity index (χ1v) is 7.12. The average molecular weight is 385 g/mol. The molecule has 0 fully saturated rings. The van der Waals surface area contributed by atoms with Gasteiger partial charge in [-0.1, -0.05) is 31.9 Å². The second-order valence-electron chi connectivity index (χ2n) is 4.08. The maximum atomic E-state index is 12.0. The molecule has 0 aliphatic rings. The van der Waals surface area contributed by atoms with Crippen LogP contribution in [-0.4, -0.2) is 11.0 Å². The third kappa shape index (κ3) is 3.36. The number of amides is 1. The fourth-order valence-electron chi connectivity index (χ4n) is 1.62. The Hall–Kier alpha value is -1.33. The molecule has 0 heterocycles. The Morgan fingerprint density at radius 2 is 1.89 bits per heavy atom. The van der Waals surface area contributed by atoms with Crippen LogP contribution in [0.1, 0.15) is 15.9 Å². The molecule has 0 aliphatic heterocycles. The summed E-state index contributed by atoms with van der Waals surface area (Å²) < 4.78 is 1.71. The number of hydrogen-bond donors (Lipinski definition) is 2. The van der Waals surface area contributed by atoms with Crippen molar-refractivity contribution in [1.29, 1.82) is 0 Å². The number of halogens is 2. The van der Waals surface area contributed by atoms with E-state index in [4.69, 9.17) is 0 Å². The van der Waals surface area contributed by atoms with E-state index in [9.17, 15) is 9.90 Å². The SMILES string of the molecule is Cc1cc(NC(=O)c2ccc(Br)cc2O)ccc1Br. The van der Waals surface area contributed by atoms with Gasteiger partial charge < -0.3 is 10.4 Å². The number of aromatic hydroxyl groups is 1. The molecule has 2 rings (SSSR count). The van der Waals surface area contributed by atoms with Crippen molar-refractivity contribution in [1.82, 2.24) is 0 Å². The van der Waals surface area contributed by atoms with Crippen molar-refractivity contribution in [2.75, 3.05) is 5.32 Å². The highest BCUT2D eigenvalue weighted by Gasteiger charge is 2.11. The molecule has 2 aromatic carbocycles. The van der Waals surface area contributed by atoms with Crippen LogP contribution < -0.4 is 5.32 Å². The van der Waals surface area contributed by atoms with Gasteiger partial charge in [-0.25, -0.2) is 0 Å². The molecule has 0 atom stereocenters. The van der Waals surface area contributed by atoms with E-state index >= 15 is 0 Å². The molecule has 5 heteroatoms. The van der Waals surface area contributed by atoms with Crippen LogP contribution in [0.4, 0.5) is 5.69 Å². The van der Waals surface area contributed by atoms with Crippen molar-refractivity contribution in [3.63, 3.8) is 0 Å². The molecule has 0 aromatic heterocycles. The number of carbonyl (C=O) groups excluding carboxylic acids is 1. The molecule has 0 radical (unpaired) electrons. The quantitative estimate of drug-likeness (QED) is 0.801. The van der Waals surface area contributed by atoms with Crippen LogP contribution in [0.2, 0.25) is 0 Å². The Bertz CT molecular complexity index is 641. The minimum Gasteiger partial charge on any atom is -0.507 e. The highest BCUT2D eigenvalue weighted by molar-refractivity contribution is 9.10. The minimum absolute atomic E-state index is 0.0549. The van der Waals surface area contributed by atoms with Gasteiger partial charge in [-0.05, 0) is 48.9 Å². The minimum atomic E-state index is -0.341. The zero-order valence-electron chi connectivity index (χ0n) is 10.1. The average Bonchev–Trinajstić information content (AvgIpc) is 2.33. The maximum absolute atomic E-state index is 12.0. The van der Waals surface area contributed by atoms with Gasteiger partial charge in [0.05, 0.1) is 5.56 Å². The number of phenolic OH excluding ortho intramolecular Hbond substituents is 1. The van der Waals surface area contributed by atoms with Crippen LogP contribution in [0, 0.1) is 6.92 Å². The van der Waals surface area contributed by atoms with E-state index in [1.54, 1.807) is 18.2 Å². The third-order valence-corrected chi connectivity index (χ3v) is 4.00. The second-order valence-corrected chi connectivity index (χ2v) is 5.85. The Balaban J connectivity index is 2.23. The summed E-state index contributed by atoms with van der Waals surface area (Å²) in [4.78, 5) is 12.0. The normalized spacial score (nSPS) is 10.3. The summed E-state index contributed by atoms with van der Waals surface area (Å²) >= 11 is 6.63. The number of aryl methyl sites for hydroxylation is 1. The highest BCUT2D eigenvalue weighted by Crippen LogP contribution is 2.24. The maximum Gasteiger partial charge on any atom is 0.259 e. The number of carbonyl (C=O) groups is 1. The van der Waals surface area contributed by atoms with Crippen molar-refractivity contribution in [3.8, 4) is 5.75 Å². The molecule has 3 nitrogen and oxygen atoms in total. The van der Waals surface area contributed by atoms with Gasteiger partial charge in [0.25, 0.3) is 5.91 Å². The monoisotopic (exact) mass is 383 g/mol. The predicted molar refractivity (Wildman–Crippen MR) is 82.6 cm³/mol. The molecule has 98 valence electrons. The Labute approximate surface area is 127 Å². The molecule has 0 saturated carbocycles. The number of anilines is 1. The lowest BCUT2D eigenvalue weighted by Gasteiger charge is -2.08. The molecule has 19 heavy (non-hydrogen) atoms. The first-order chi connectivity index (χ1) is 8.97. The lowest BCUT2D eigenvalue weighted by molar-refractivity contribution is 0.102. The molecule has 0 spiro atoms. The Kier molecular flexibility index (Phi) is 4.27. The summed E-state index contributed by atoms with van der Waals surface area (Å²) in [5.41, 5.74) is 1.95. The standard InChI is InChI=1S/C14H11Br2NO2/c1-8-6-10(3-5-12(8)16)17-14(19)11-4-2-9(15)7-13(11)18/h2-7,18H,1H3,(H,17,19). The number of rotatable bonds is 2. The molecular formula is C14H11Br2NO2. The van der Waals surface area contributed by atoms with Crippen LogP contribution in [-0.2, 0) is 0 Å². The van der Waals surface area contributed by atoms with Crippen LogP contribution in [0.15, 0.2) is 45.3 Å². The Morgan fingerprint density at radius 1 is 1.16 bits per heavy atom. The van der Waals surface area contributed by atoms with Crippen molar-refractivity contribution >= 4 is 43.5 Å². The van der Waals surface area contributed by atoms with E-state index < -0.39 is 0 Å². The smallest absolute Gasteiger partial charge is 0.259 e. The lowest BCUT2D eigenvalue weighted by Crippen LogP contribution is -2.12. The van der Waals surface area contributed by atoms with E-state index in [0.29, 0.717) is 5.69 Å². The Morgan fingerprint density at radius 3 is 2.53 bits per heavy atom. The summed E-state index contributed by atoms with van der Waals surface area (Å²) in [6.07, 6.45) is 0. The molecule has 0 unspecified atom stereocenters. The van der Waals surface area contributed by atoms with Gasteiger partial charge in [0.1, 0.15) is 5.75 Å². The first kappa shape index (κ1) is 14.1. The van der Waals surface area contributed by atoms with Gasteiger partial charge >= 0.3 is 0 Å². The number of hydrogen-bond acceptors (Lipinski definition) is 2. The second kappa shape index (κ2) is 5.75. The number of nitrogens with one attached hydrogen (secondary N) is 1. The highest BCUT2D eigenvalue weighted by atomic mass is 79.9. The van der Waals surface area contributed by atoms with E-state index in [2.05, 4.69) is 37.2 Å². The lowest BCUT2D eigenvalue weighted by atomic mass is 10.1. The molecule has 2 N–H and O–H groups in total. The molecular weight excluding hydrogens is 374 g/mol. The summed E-state index contributed by atoms with van der Waals surface area (Å²) in [6, 6.07) is 10.3. The van der Waals surface area contributed by atoms with Crippen molar-refractivity contribution in [3.05, 3.63) is 56.5 Å². The summed E-state index contributed by atoms with van der Waals surface area (Å²) in [5.74, 6) is -0.396. The molecule has 2 aromatic rings. The first-order valence-electron chi connectivity index (χ1n) is 5.53. The van der Waals surface area contributed by atoms with E-state index in [1.807, 2.05) is 19.1 Å².